The van der Waals surface area contributed by atoms with Crippen LogP contribution in [0.1, 0.15) is 15.9 Å². The lowest BCUT2D eigenvalue weighted by atomic mass is 10.0. The summed E-state index contributed by atoms with van der Waals surface area (Å²) in [6.07, 6.45) is 0. The molecule has 0 spiro atoms. The molecular formula is C21H17BrO3. The van der Waals surface area contributed by atoms with Crippen LogP contribution in [0, 0.1) is 0 Å². The minimum atomic E-state index is -0.364. The molecule has 0 heterocycles. The average molecular weight is 397 g/mol. The second-order valence-corrected chi connectivity index (χ2v) is 6.34. The van der Waals surface area contributed by atoms with Gasteiger partial charge in [-0.1, -0.05) is 48.5 Å². The molecule has 0 aliphatic heterocycles. The van der Waals surface area contributed by atoms with Crippen LogP contribution in [0.25, 0.3) is 11.1 Å². The molecule has 0 unspecified atom stereocenters. The second-order valence-electron chi connectivity index (χ2n) is 5.48. The van der Waals surface area contributed by atoms with E-state index in [4.69, 9.17) is 9.47 Å². The highest BCUT2D eigenvalue weighted by molar-refractivity contribution is 9.10. The summed E-state index contributed by atoms with van der Waals surface area (Å²) in [6, 6.07) is 23.5. The van der Waals surface area contributed by atoms with Gasteiger partial charge in [-0.15, -0.1) is 0 Å². The van der Waals surface area contributed by atoms with Crippen molar-refractivity contribution in [3.05, 3.63) is 88.4 Å². The fourth-order valence-electron chi connectivity index (χ4n) is 2.46. The number of ether oxygens (including phenoxy) is 2. The van der Waals surface area contributed by atoms with E-state index in [1.54, 1.807) is 0 Å². The number of carbonyl (C=O) groups excluding carboxylic acids is 1. The molecule has 0 amide bonds. The van der Waals surface area contributed by atoms with Crippen molar-refractivity contribution in [2.45, 2.75) is 6.61 Å². The first-order valence-electron chi connectivity index (χ1n) is 7.82. The smallest absolute Gasteiger partial charge is 0.339 e. The van der Waals surface area contributed by atoms with Crippen molar-refractivity contribution >= 4 is 21.9 Å². The molecule has 3 aromatic carbocycles. The van der Waals surface area contributed by atoms with E-state index in [9.17, 15) is 4.79 Å². The highest BCUT2D eigenvalue weighted by Gasteiger charge is 2.11. The Hall–Kier alpha value is -2.59. The third-order valence-corrected chi connectivity index (χ3v) is 4.50. The van der Waals surface area contributed by atoms with E-state index in [-0.39, 0.29) is 5.97 Å². The largest absolute Gasteiger partial charge is 0.489 e. The Bertz CT molecular complexity index is 858. The first kappa shape index (κ1) is 17.2. The molecule has 126 valence electrons. The minimum Gasteiger partial charge on any atom is -0.489 e. The number of hydrogen-bond donors (Lipinski definition) is 0. The summed E-state index contributed by atoms with van der Waals surface area (Å²) >= 11 is 3.38. The molecule has 0 aliphatic rings. The first-order chi connectivity index (χ1) is 12.2. The van der Waals surface area contributed by atoms with Crippen molar-refractivity contribution < 1.29 is 14.3 Å². The number of hydrogen-bond acceptors (Lipinski definition) is 3. The molecular weight excluding hydrogens is 380 g/mol. The molecule has 0 saturated heterocycles. The van der Waals surface area contributed by atoms with Gasteiger partial charge >= 0.3 is 5.97 Å². The quantitative estimate of drug-likeness (QED) is 0.535. The van der Waals surface area contributed by atoms with Gasteiger partial charge in [0.2, 0.25) is 0 Å². The summed E-state index contributed by atoms with van der Waals surface area (Å²) in [5.74, 6) is 0.439. The van der Waals surface area contributed by atoms with E-state index in [2.05, 4.69) is 15.9 Å². The van der Waals surface area contributed by atoms with Gasteiger partial charge in [-0.05, 0) is 56.9 Å². The van der Waals surface area contributed by atoms with Crippen molar-refractivity contribution in [3.63, 3.8) is 0 Å². The SMILES string of the molecule is COC(=O)c1cc(-c2ccc(OCc3ccccc3)cc2)ccc1Br. The van der Waals surface area contributed by atoms with Crippen LogP contribution in [0.3, 0.4) is 0 Å². The first-order valence-corrected chi connectivity index (χ1v) is 8.61. The molecule has 0 radical (unpaired) electrons. The highest BCUT2D eigenvalue weighted by Crippen LogP contribution is 2.27. The van der Waals surface area contributed by atoms with Crippen molar-refractivity contribution in [1.82, 2.24) is 0 Å². The second kappa shape index (κ2) is 7.99. The molecule has 0 aromatic heterocycles. The van der Waals surface area contributed by atoms with E-state index >= 15 is 0 Å². The van der Waals surface area contributed by atoms with Gasteiger partial charge in [0.1, 0.15) is 12.4 Å². The fourth-order valence-corrected chi connectivity index (χ4v) is 2.86. The maximum absolute atomic E-state index is 11.8. The normalized spacial score (nSPS) is 10.3. The van der Waals surface area contributed by atoms with Gasteiger partial charge < -0.3 is 9.47 Å². The Morgan fingerprint density at radius 2 is 1.60 bits per heavy atom. The van der Waals surface area contributed by atoms with Gasteiger partial charge in [-0.25, -0.2) is 4.79 Å². The average Bonchev–Trinajstić information content (AvgIpc) is 2.67. The van der Waals surface area contributed by atoms with Gasteiger partial charge in [0.25, 0.3) is 0 Å². The number of benzene rings is 3. The molecule has 0 atom stereocenters. The molecule has 0 saturated carbocycles. The van der Waals surface area contributed by atoms with Gasteiger partial charge in [0.05, 0.1) is 12.7 Å². The van der Waals surface area contributed by atoms with E-state index in [0.29, 0.717) is 16.6 Å². The van der Waals surface area contributed by atoms with E-state index in [1.807, 2.05) is 72.8 Å². The number of halogens is 1. The monoisotopic (exact) mass is 396 g/mol. The number of carbonyl (C=O) groups is 1. The summed E-state index contributed by atoms with van der Waals surface area (Å²) < 4.78 is 11.3. The Morgan fingerprint density at radius 3 is 2.28 bits per heavy atom. The summed E-state index contributed by atoms with van der Waals surface area (Å²) in [6.45, 7) is 0.533. The van der Waals surface area contributed by atoms with Crippen LogP contribution in [0.4, 0.5) is 0 Å². The zero-order chi connectivity index (χ0) is 17.6. The number of esters is 1. The Kier molecular flexibility index (Phi) is 5.51. The zero-order valence-electron chi connectivity index (χ0n) is 13.7. The maximum atomic E-state index is 11.8. The van der Waals surface area contributed by atoms with Gasteiger partial charge in [-0.2, -0.15) is 0 Å². The van der Waals surface area contributed by atoms with Crippen LogP contribution in [0.2, 0.25) is 0 Å². The van der Waals surface area contributed by atoms with Crippen LogP contribution in [-0.4, -0.2) is 13.1 Å². The Morgan fingerprint density at radius 1 is 0.920 bits per heavy atom. The Balaban J connectivity index is 1.75. The molecule has 25 heavy (non-hydrogen) atoms. The van der Waals surface area contributed by atoms with Crippen LogP contribution >= 0.6 is 15.9 Å². The minimum absolute atomic E-state index is 0.364. The van der Waals surface area contributed by atoms with Crippen LogP contribution in [-0.2, 0) is 11.3 Å². The van der Waals surface area contributed by atoms with Crippen LogP contribution in [0.15, 0.2) is 77.3 Å². The fraction of sp³-hybridized carbons (Fsp3) is 0.0952. The molecule has 3 aromatic rings. The number of rotatable bonds is 5. The molecule has 0 fully saturated rings. The topological polar surface area (TPSA) is 35.5 Å². The van der Waals surface area contributed by atoms with Gasteiger partial charge in [0, 0.05) is 4.47 Å². The van der Waals surface area contributed by atoms with Crippen molar-refractivity contribution in [2.75, 3.05) is 7.11 Å². The lowest BCUT2D eigenvalue weighted by Gasteiger charge is -2.09. The molecule has 0 bridgehead atoms. The molecule has 3 rings (SSSR count). The van der Waals surface area contributed by atoms with Crippen molar-refractivity contribution in [3.8, 4) is 16.9 Å². The lowest BCUT2D eigenvalue weighted by molar-refractivity contribution is 0.0599. The maximum Gasteiger partial charge on any atom is 0.339 e. The molecule has 4 heteroatoms. The van der Waals surface area contributed by atoms with Crippen LogP contribution in [0.5, 0.6) is 5.75 Å². The van der Waals surface area contributed by atoms with E-state index < -0.39 is 0 Å². The van der Waals surface area contributed by atoms with Crippen molar-refractivity contribution in [1.29, 1.82) is 0 Å². The van der Waals surface area contributed by atoms with Crippen molar-refractivity contribution in [2.24, 2.45) is 0 Å². The molecule has 0 aliphatic carbocycles. The summed E-state index contributed by atoms with van der Waals surface area (Å²) in [5.41, 5.74) is 3.58. The van der Waals surface area contributed by atoms with E-state index in [0.717, 1.165) is 22.4 Å². The molecule has 3 nitrogen and oxygen atoms in total. The molecule has 0 N–H and O–H groups in total. The lowest BCUT2D eigenvalue weighted by Crippen LogP contribution is -2.02. The van der Waals surface area contributed by atoms with Gasteiger partial charge in [-0.3, -0.25) is 0 Å². The third-order valence-electron chi connectivity index (χ3n) is 3.81. The number of methoxy groups -OCH3 is 1. The standard InChI is InChI=1S/C21H17BrO3/c1-24-21(23)19-13-17(9-12-20(19)22)16-7-10-18(11-8-16)25-14-15-5-3-2-4-6-15/h2-13H,14H2,1H3. The summed E-state index contributed by atoms with van der Waals surface area (Å²) in [4.78, 5) is 11.8. The van der Waals surface area contributed by atoms with Gasteiger partial charge in [0.15, 0.2) is 0 Å². The highest BCUT2D eigenvalue weighted by atomic mass is 79.9. The summed E-state index contributed by atoms with van der Waals surface area (Å²) in [7, 11) is 1.38. The van der Waals surface area contributed by atoms with Crippen LogP contribution < -0.4 is 4.74 Å². The predicted octanol–water partition coefficient (Wildman–Crippen LogP) is 5.48. The zero-order valence-corrected chi connectivity index (χ0v) is 15.3. The predicted molar refractivity (Wildman–Crippen MR) is 102 cm³/mol. The third kappa shape index (κ3) is 4.28. The summed E-state index contributed by atoms with van der Waals surface area (Å²) in [5, 5.41) is 0. The Labute approximate surface area is 155 Å². The van der Waals surface area contributed by atoms with E-state index in [1.165, 1.54) is 7.11 Å².